The van der Waals surface area contributed by atoms with Gasteiger partial charge >= 0.3 is 5.97 Å². The second kappa shape index (κ2) is 4.89. The molecule has 3 nitrogen and oxygen atoms in total. The van der Waals surface area contributed by atoms with Crippen molar-refractivity contribution < 1.29 is 14.3 Å². The summed E-state index contributed by atoms with van der Waals surface area (Å²) in [6, 6.07) is 5.54. The third-order valence-corrected chi connectivity index (χ3v) is 2.28. The Morgan fingerprint density at radius 3 is 2.53 bits per heavy atom. The molecular formula is C11H14FNO2. The normalized spacial score (nSPS) is 12.8. The Labute approximate surface area is 88.1 Å². The number of carboxylic acids is 1. The molecule has 1 rings (SSSR count). The molecule has 0 amide bonds. The standard InChI is InChI=1S/C11H14FNO2/c1-13(2)10(11(14)15)7-8-5-3-4-6-9(8)12/h3-6,10H,7H2,1-2H3,(H,14,15)/t10-/m0/s1. The van der Waals surface area contributed by atoms with Crippen LogP contribution in [0, 0.1) is 5.82 Å². The Kier molecular flexibility index (Phi) is 3.80. The van der Waals surface area contributed by atoms with Gasteiger partial charge in [0.1, 0.15) is 11.9 Å². The van der Waals surface area contributed by atoms with E-state index in [-0.39, 0.29) is 12.2 Å². The van der Waals surface area contributed by atoms with Gasteiger partial charge in [-0.15, -0.1) is 0 Å². The summed E-state index contributed by atoms with van der Waals surface area (Å²) in [6.07, 6.45) is 0.176. The van der Waals surface area contributed by atoms with Crippen molar-refractivity contribution in [2.24, 2.45) is 0 Å². The molecule has 15 heavy (non-hydrogen) atoms. The van der Waals surface area contributed by atoms with Gasteiger partial charge in [0.2, 0.25) is 0 Å². The van der Waals surface area contributed by atoms with Crippen LogP contribution in [-0.2, 0) is 11.2 Å². The lowest BCUT2D eigenvalue weighted by Gasteiger charge is -2.20. The van der Waals surface area contributed by atoms with Crippen molar-refractivity contribution >= 4 is 5.97 Å². The number of aliphatic carboxylic acids is 1. The second-order valence-electron chi connectivity index (χ2n) is 3.61. The summed E-state index contributed by atoms with van der Waals surface area (Å²) >= 11 is 0. The molecule has 0 saturated heterocycles. The molecule has 0 saturated carbocycles. The van der Waals surface area contributed by atoms with E-state index in [4.69, 9.17) is 5.11 Å². The molecular weight excluding hydrogens is 197 g/mol. The average molecular weight is 211 g/mol. The van der Waals surface area contributed by atoms with Crippen LogP contribution in [0.2, 0.25) is 0 Å². The first-order valence-electron chi connectivity index (χ1n) is 4.65. The molecule has 1 aromatic carbocycles. The highest BCUT2D eigenvalue weighted by Crippen LogP contribution is 2.11. The number of halogens is 1. The Morgan fingerprint density at radius 2 is 2.07 bits per heavy atom. The molecule has 0 aliphatic heterocycles. The van der Waals surface area contributed by atoms with E-state index in [0.29, 0.717) is 5.56 Å². The number of nitrogens with zero attached hydrogens (tertiary/aromatic N) is 1. The molecule has 0 fully saturated rings. The minimum absolute atomic E-state index is 0.176. The SMILES string of the molecule is CN(C)[C@@H](Cc1ccccc1F)C(=O)O. The number of hydrogen-bond donors (Lipinski definition) is 1. The molecule has 1 atom stereocenters. The Hall–Kier alpha value is -1.42. The van der Waals surface area contributed by atoms with Gasteiger partial charge in [0.15, 0.2) is 0 Å². The van der Waals surface area contributed by atoms with Crippen molar-refractivity contribution in [3.8, 4) is 0 Å². The zero-order valence-electron chi connectivity index (χ0n) is 8.77. The van der Waals surface area contributed by atoms with E-state index in [1.807, 2.05) is 0 Å². The molecule has 0 spiro atoms. The highest BCUT2D eigenvalue weighted by atomic mass is 19.1. The maximum Gasteiger partial charge on any atom is 0.321 e. The first-order chi connectivity index (χ1) is 7.02. The Balaban J connectivity index is 2.84. The topological polar surface area (TPSA) is 40.5 Å². The second-order valence-corrected chi connectivity index (χ2v) is 3.61. The molecule has 1 N–H and O–H groups in total. The van der Waals surface area contributed by atoms with Crippen LogP contribution in [0.1, 0.15) is 5.56 Å². The van der Waals surface area contributed by atoms with Crippen molar-refractivity contribution in [3.05, 3.63) is 35.6 Å². The fourth-order valence-electron chi connectivity index (χ4n) is 1.36. The summed E-state index contributed by atoms with van der Waals surface area (Å²) in [5.41, 5.74) is 0.429. The van der Waals surface area contributed by atoms with Gasteiger partial charge in [-0.2, -0.15) is 0 Å². The number of carboxylic acid groups (broad SMARTS) is 1. The maximum atomic E-state index is 13.3. The van der Waals surface area contributed by atoms with E-state index in [0.717, 1.165) is 0 Å². The number of likely N-dealkylation sites (N-methyl/N-ethyl adjacent to an activating group) is 1. The van der Waals surface area contributed by atoms with E-state index in [1.165, 1.54) is 6.07 Å². The third kappa shape index (κ3) is 3.02. The van der Waals surface area contributed by atoms with Gasteiger partial charge in [0.05, 0.1) is 0 Å². The number of hydrogen-bond acceptors (Lipinski definition) is 2. The van der Waals surface area contributed by atoms with Gasteiger partial charge in [-0.1, -0.05) is 18.2 Å². The van der Waals surface area contributed by atoms with Gasteiger partial charge in [0.25, 0.3) is 0 Å². The highest BCUT2D eigenvalue weighted by Gasteiger charge is 2.21. The van der Waals surface area contributed by atoms with Crippen molar-refractivity contribution in [1.82, 2.24) is 4.90 Å². The molecule has 0 bridgehead atoms. The lowest BCUT2D eigenvalue weighted by atomic mass is 10.0. The summed E-state index contributed by atoms with van der Waals surface area (Å²) in [6.45, 7) is 0. The fraction of sp³-hybridized carbons (Fsp3) is 0.364. The van der Waals surface area contributed by atoms with Crippen LogP contribution >= 0.6 is 0 Å². The summed E-state index contributed by atoms with van der Waals surface area (Å²) in [5.74, 6) is -1.30. The van der Waals surface area contributed by atoms with Crippen molar-refractivity contribution in [3.63, 3.8) is 0 Å². The zero-order chi connectivity index (χ0) is 11.4. The van der Waals surface area contributed by atoms with Crippen LogP contribution < -0.4 is 0 Å². The van der Waals surface area contributed by atoms with E-state index >= 15 is 0 Å². The Morgan fingerprint density at radius 1 is 1.47 bits per heavy atom. The number of carbonyl (C=O) groups is 1. The van der Waals surface area contributed by atoms with Crippen LogP contribution in [-0.4, -0.2) is 36.1 Å². The van der Waals surface area contributed by atoms with Crippen LogP contribution in [0.3, 0.4) is 0 Å². The molecule has 0 aliphatic rings. The first-order valence-corrected chi connectivity index (χ1v) is 4.65. The van der Waals surface area contributed by atoms with E-state index in [1.54, 1.807) is 37.2 Å². The predicted octanol–water partition coefficient (Wildman–Crippen LogP) is 1.38. The van der Waals surface area contributed by atoms with Gasteiger partial charge < -0.3 is 5.11 Å². The summed E-state index contributed by atoms with van der Waals surface area (Å²) in [5, 5.41) is 8.93. The monoisotopic (exact) mass is 211 g/mol. The van der Waals surface area contributed by atoms with Crippen molar-refractivity contribution in [1.29, 1.82) is 0 Å². The van der Waals surface area contributed by atoms with Crippen molar-refractivity contribution in [2.45, 2.75) is 12.5 Å². The minimum Gasteiger partial charge on any atom is -0.480 e. The van der Waals surface area contributed by atoms with Crippen LogP contribution in [0.15, 0.2) is 24.3 Å². The van der Waals surface area contributed by atoms with Crippen LogP contribution in [0.5, 0.6) is 0 Å². The quantitative estimate of drug-likeness (QED) is 0.818. The summed E-state index contributed by atoms with van der Waals surface area (Å²) in [7, 11) is 3.33. The molecule has 4 heteroatoms. The average Bonchev–Trinajstić information content (AvgIpc) is 2.15. The predicted molar refractivity (Wildman–Crippen MR) is 55.2 cm³/mol. The van der Waals surface area contributed by atoms with Crippen molar-refractivity contribution in [2.75, 3.05) is 14.1 Å². The minimum atomic E-state index is -0.941. The van der Waals surface area contributed by atoms with Gasteiger partial charge in [-0.25, -0.2) is 4.39 Å². The van der Waals surface area contributed by atoms with Crippen LogP contribution in [0.4, 0.5) is 4.39 Å². The molecule has 0 heterocycles. The number of rotatable bonds is 4. The number of benzene rings is 1. The third-order valence-electron chi connectivity index (χ3n) is 2.28. The molecule has 0 radical (unpaired) electrons. The molecule has 0 aromatic heterocycles. The molecule has 82 valence electrons. The van der Waals surface area contributed by atoms with E-state index < -0.39 is 12.0 Å². The zero-order valence-corrected chi connectivity index (χ0v) is 8.77. The van der Waals surface area contributed by atoms with Gasteiger partial charge in [-0.05, 0) is 25.7 Å². The fourth-order valence-corrected chi connectivity index (χ4v) is 1.36. The maximum absolute atomic E-state index is 13.3. The molecule has 0 aliphatic carbocycles. The van der Waals surface area contributed by atoms with Gasteiger partial charge in [-0.3, -0.25) is 9.69 Å². The highest BCUT2D eigenvalue weighted by molar-refractivity contribution is 5.73. The summed E-state index contributed by atoms with van der Waals surface area (Å²) < 4.78 is 13.3. The smallest absolute Gasteiger partial charge is 0.321 e. The molecule has 0 unspecified atom stereocenters. The van der Waals surface area contributed by atoms with Gasteiger partial charge in [0, 0.05) is 6.42 Å². The van der Waals surface area contributed by atoms with E-state index in [9.17, 15) is 9.18 Å². The first kappa shape index (κ1) is 11.7. The molecule has 1 aromatic rings. The lowest BCUT2D eigenvalue weighted by molar-refractivity contribution is -0.142. The van der Waals surface area contributed by atoms with E-state index in [2.05, 4.69) is 0 Å². The summed E-state index contributed by atoms with van der Waals surface area (Å²) in [4.78, 5) is 12.5. The van der Waals surface area contributed by atoms with Crippen LogP contribution in [0.25, 0.3) is 0 Å². The lowest BCUT2D eigenvalue weighted by Crippen LogP contribution is -2.37. The largest absolute Gasteiger partial charge is 0.480 e. The Bertz CT molecular complexity index is 352.